The highest BCUT2D eigenvalue weighted by Crippen LogP contribution is 2.22. The Morgan fingerprint density at radius 1 is 0.917 bits per heavy atom. The summed E-state index contributed by atoms with van der Waals surface area (Å²) in [6.45, 7) is 2.34. The maximum Gasteiger partial charge on any atom is 0.325 e. The fourth-order valence-electron chi connectivity index (χ4n) is 3.46. The molecule has 8 heteroatoms. The lowest BCUT2D eigenvalue weighted by Gasteiger charge is -2.17. The molecule has 8 nitrogen and oxygen atoms in total. The number of hydrogen-bond donors (Lipinski definition) is 1. The summed E-state index contributed by atoms with van der Waals surface area (Å²) in [5.74, 6) is 0.0219. The standard InChI is InChI=1S/C28H32N2O6/c1-4-5-14-35-24-11-8-21(9-12-24)28(33)29-17-27(32)36-19-26(31)30(2)18-20-6-7-23-16-25(34-3)13-10-22(23)15-20/h6-13,15-16H,4-5,14,17-19H2,1-3H3,(H,29,33). The van der Waals surface area contributed by atoms with Crippen LogP contribution in [0.25, 0.3) is 10.8 Å². The predicted molar refractivity (Wildman–Crippen MR) is 137 cm³/mol. The van der Waals surface area contributed by atoms with Crippen LogP contribution in [0.15, 0.2) is 60.7 Å². The first-order chi connectivity index (χ1) is 17.4. The van der Waals surface area contributed by atoms with Gasteiger partial charge >= 0.3 is 5.97 Å². The fourth-order valence-corrected chi connectivity index (χ4v) is 3.46. The molecule has 0 heterocycles. The number of unbranched alkanes of at least 4 members (excludes halogenated alkanes) is 1. The van der Waals surface area contributed by atoms with Gasteiger partial charge in [-0.05, 0) is 65.2 Å². The van der Waals surface area contributed by atoms with Crippen LogP contribution in [0.2, 0.25) is 0 Å². The van der Waals surface area contributed by atoms with Crippen molar-refractivity contribution in [3.63, 3.8) is 0 Å². The molecule has 0 bridgehead atoms. The highest BCUT2D eigenvalue weighted by atomic mass is 16.5. The van der Waals surface area contributed by atoms with Gasteiger partial charge in [-0.15, -0.1) is 0 Å². The number of benzene rings is 3. The second-order valence-electron chi connectivity index (χ2n) is 8.37. The smallest absolute Gasteiger partial charge is 0.325 e. The third-order valence-corrected chi connectivity index (χ3v) is 5.59. The SMILES string of the molecule is CCCCOc1ccc(C(=O)NCC(=O)OCC(=O)N(C)Cc2ccc3cc(OC)ccc3c2)cc1. The molecule has 0 unspecified atom stereocenters. The van der Waals surface area contributed by atoms with E-state index < -0.39 is 18.5 Å². The van der Waals surface area contributed by atoms with E-state index in [0.717, 1.165) is 34.9 Å². The van der Waals surface area contributed by atoms with Crippen molar-refractivity contribution in [3.8, 4) is 11.5 Å². The monoisotopic (exact) mass is 492 g/mol. The van der Waals surface area contributed by atoms with Crippen molar-refractivity contribution >= 4 is 28.6 Å². The Bertz CT molecular complexity index is 1190. The first kappa shape index (κ1) is 26.5. The van der Waals surface area contributed by atoms with E-state index in [0.29, 0.717) is 24.5 Å². The van der Waals surface area contributed by atoms with Crippen LogP contribution in [0.4, 0.5) is 0 Å². The Hall–Kier alpha value is -4.07. The van der Waals surface area contributed by atoms with Gasteiger partial charge in [-0.2, -0.15) is 0 Å². The van der Waals surface area contributed by atoms with Gasteiger partial charge in [0.25, 0.3) is 11.8 Å². The molecular formula is C28H32N2O6. The van der Waals surface area contributed by atoms with E-state index in [-0.39, 0.29) is 12.5 Å². The fraction of sp³-hybridized carbons (Fsp3) is 0.321. The molecule has 3 aromatic carbocycles. The number of carbonyl (C=O) groups excluding carboxylic acids is 3. The molecule has 3 rings (SSSR count). The molecule has 1 N–H and O–H groups in total. The topological polar surface area (TPSA) is 94.2 Å². The molecule has 2 amide bonds. The van der Waals surface area contributed by atoms with E-state index in [4.69, 9.17) is 14.2 Å². The van der Waals surface area contributed by atoms with E-state index in [2.05, 4.69) is 12.2 Å². The summed E-state index contributed by atoms with van der Waals surface area (Å²) in [7, 11) is 3.27. The lowest BCUT2D eigenvalue weighted by atomic mass is 10.1. The lowest BCUT2D eigenvalue weighted by molar-refractivity contribution is -0.150. The van der Waals surface area contributed by atoms with Gasteiger partial charge in [0.15, 0.2) is 6.61 Å². The summed E-state index contributed by atoms with van der Waals surface area (Å²) >= 11 is 0. The summed E-state index contributed by atoms with van der Waals surface area (Å²) in [5.41, 5.74) is 1.35. The molecule has 0 spiro atoms. The number of ether oxygens (including phenoxy) is 3. The highest BCUT2D eigenvalue weighted by Gasteiger charge is 2.14. The molecule has 0 saturated heterocycles. The lowest BCUT2D eigenvalue weighted by Crippen LogP contribution is -2.34. The Morgan fingerprint density at radius 2 is 1.61 bits per heavy atom. The number of likely N-dealkylation sites (N-methyl/N-ethyl adjacent to an activating group) is 1. The Kier molecular flexibility index (Phi) is 9.68. The van der Waals surface area contributed by atoms with Gasteiger partial charge < -0.3 is 24.4 Å². The van der Waals surface area contributed by atoms with Crippen LogP contribution in [-0.4, -0.2) is 56.6 Å². The Labute approximate surface area is 211 Å². The molecule has 0 aliphatic rings. The zero-order chi connectivity index (χ0) is 25.9. The molecular weight excluding hydrogens is 460 g/mol. The zero-order valence-electron chi connectivity index (χ0n) is 20.9. The van der Waals surface area contributed by atoms with Gasteiger partial charge in [-0.1, -0.05) is 31.5 Å². The second kappa shape index (κ2) is 13.1. The molecule has 0 aliphatic carbocycles. The molecule has 0 fully saturated rings. The average molecular weight is 493 g/mol. The van der Waals surface area contributed by atoms with E-state index in [1.165, 1.54) is 4.90 Å². The maximum atomic E-state index is 12.4. The predicted octanol–water partition coefficient (Wildman–Crippen LogP) is 3.96. The Balaban J connectivity index is 1.41. The summed E-state index contributed by atoms with van der Waals surface area (Å²) < 4.78 is 15.9. The number of nitrogens with zero attached hydrogens (tertiary/aromatic N) is 1. The minimum atomic E-state index is -0.690. The summed E-state index contributed by atoms with van der Waals surface area (Å²) in [5, 5.41) is 4.58. The minimum absolute atomic E-state index is 0.335. The van der Waals surface area contributed by atoms with Gasteiger partial charge in [0.05, 0.1) is 13.7 Å². The van der Waals surface area contributed by atoms with Gasteiger partial charge in [0, 0.05) is 19.2 Å². The van der Waals surface area contributed by atoms with E-state index in [1.807, 2.05) is 36.4 Å². The van der Waals surface area contributed by atoms with Crippen molar-refractivity contribution < 1.29 is 28.6 Å². The average Bonchev–Trinajstić information content (AvgIpc) is 2.90. The number of amides is 2. The molecule has 0 aromatic heterocycles. The zero-order valence-corrected chi connectivity index (χ0v) is 20.9. The third kappa shape index (κ3) is 7.73. The number of methoxy groups -OCH3 is 1. The number of fused-ring (bicyclic) bond motifs is 1. The number of rotatable bonds is 12. The van der Waals surface area contributed by atoms with Crippen molar-refractivity contribution in [3.05, 3.63) is 71.8 Å². The highest BCUT2D eigenvalue weighted by molar-refractivity contribution is 5.96. The van der Waals surface area contributed by atoms with Crippen LogP contribution >= 0.6 is 0 Å². The van der Waals surface area contributed by atoms with Crippen LogP contribution in [-0.2, 0) is 20.9 Å². The number of esters is 1. The third-order valence-electron chi connectivity index (χ3n) is 5.59. The first-order valence-corrected chi connectivity index (χ1v) is 11.9. The normalized spacial score (nSPS) is 10.5. The molecule has 36 heavy (non-hydrogen) atoms. The van der Waals surface area contributed by atoms with Crippen LogP contribution in [0, 0.1) is 0 Å². The summed E-state index contributed by atoms with van der Waals surface area (Å²) in [6, 6.07) is 18.4. The minimum Gasteiger partial charge on any atom is -0.497 e. The van der Waals surface area contributed by atoms with Crippen molar-refractivity contribution in [2.45, 2.75) is 26.3 Å². The van der Waals surface area contributed by atoms with Crippen LogP contribution in [0.1, 0.15) is 35.7 Å². The second-order valence-corrected chi connectivity index (χ2v) is 8.37. The number of hydrogen-bond acceptors (Lipinski definition) is 6. The largest absolute Gasteiger partial charge is 0.497 e. The summed E-state index contributed by atoms with van der Waals surface area (Å²) in [6.07, 6.45) is 2.00. The molecule has 0 radical (unpaired) electrons. The van der Waals surface area contributed by atoms with E-state index in [9.17, 15) is 14.4 Å². The van der Waals surface area contributed by atoms with Gasteiger partial charge in [0.2, 0.25) is 0 Å². The Morgan fingerprint density at radius 3 is 2.33 bits per heavy atom. The van der Waals surface area contributed by atoms with Crippen LogP contribution in [0.3, 0.4) is 0 Å². The van der Waals surface area contributed by atoms with Crippen molar-refractivity contribution in [2.24, 2.45) is 0 Å². The first-order valence-electron chi connectivity index (χ1n) is 11.9. The van der Waals surface area contributed by atoms with E-state index in [1.54, 1.807) is 38.4 Å². The quantitative estimate of drug-likeness (QED) is 0.304. The van der Waals surface area contributed by atoms with Gasteiger partial charge in [-0.3, -0.25) is 14.4 Å². The van der Waals surface area contributed by atoms with E-state index >= 15 is 0 Å². The molecule has 3 aromatic rings. The molecule has 0 aliphatic heterocycles. The number of nitrogens with one attached hydrogen (secondary N) is 1. The van der Waals surface area contributed by atoms with Crippen molar-refractivity contribution in [1.29, 1.82) is 0 Å². The molecule has 0 atom stereocenters. The van der Waals surface area contributed by atoms with Crippen molar-refractivity contribution in [1.82, 2.24) is 10.2 Å². The summed E-state index contributed by atoms with van der Waals surface area (Å²) in [4.78, 5) is 38.2. The maximum absolute atomic E-state index is 12.4. The van der Waals surface area contributed by atoms with Gasteiger partial charge in [0.1, 0.15) is 18.0 Å². The number of carbonyl (C=O) groups is 3. The van der Waals surface area contributed by atoms with Crippen molar-refractivity contribution in [2.75, 3.05) is 33.9 Å². The van der Waals surface area contributed by atoms with Gasteiger partial charge in [-0.25, -0.2) is 0 Å². The molecule has 190 valence electrons. The van der Waals surface area contributed by atoms with Crippen LogP contribution in [0.5, 0.6) is 11.5 Å². The van der Waals surface area contributed by atoms with Crippen LogP contribution < -0.4 is 14.8 Å². The molecule has 0 saturated carbocycles.